The largest absolute Gasteiger partial charge is 0.488 e. The van der Waals surface area contributed by atoms with Crippen LogP contribution < -0.4 is 9.46 Å². The summed E-state index contributed by atoms with van der Waals surface area (Å²) in [5.41, 5.74) is 0.367. The zero-order chi connectivity index (χ0) is 29.4. The van der Waals surface area contributed by atoms with Gasteiger partial charge in [0.15, 0.2) is 10.7 Å². The van der Waals surface area contributed by atoms with Crippen LogP contribution in [0.3, 0.4) is 0 Å². The van der Waals surface area contributed by atoms with Gasteiger partial charge in [-0.15, -0.1) is 11.3 Å². The first-order chi connectivity index (χ1) is 18.8. The SMILES string of the molecule is Cc1noc(C)c1S(=O)(=O)Nc1ccc2c(c1)C(=O)N([C@H](C)CO)C[C@@H](C)[C@H](CN(C)S(=O)(=O)c1cccs1)O2. The molecule has 15 heteroatoms. The van der Waals surface area contributed by atoms with Gasteiger partial charge in [0.25, 0.3) is 26.0 Å². The van der Waals surface area contributed by atoms with Crippen molar-refractivity contribution in [2.75, 3.05) is 31.5 Å². The third-order valence-electron chi connectivity index (χ3n) is 6.75. The number of hydrogen-bond donors (Lipinski definition) is 2. The lowest BCUT2D eigenvalue weighted by Gasteiger charge is -2.38. The third kappa shape index (κ3) is 5.88. The van der Waals surface area contributed by atoms with Gasteiger partial charge in [0.2, 0.25) is 0 Å². The topological polar surface area (TPSA) is 159 Å². The highest BCUT2D eigenvalue weighted by atomic mass is 32.2. The maximum Gasteiger partial charge on any atom is 0.267 e. The molecule has 1 aromatic carbocycles. The Hall–Kier alpha value is -2.98. The zero-order valence-corrected chi connectivity index (χ0v) is 25.1. The van der Waals surface area contributed by atoms with E-state index in [-0.39, 0.29) is 63.2 Å². The standard InChI is InChI=1S/C25H32N4O8S3/c1-15-12-29(16(2)14-30)25(31)20-11-19(27-39(32,33)24-17(3)26-37-18(24)4)8-9-21(20)36-22(15)13-28(5)40(34,35)23-7-6-10-38-23/h6-11,15-16,22,27,30H,12-14H2,1-5H3/t15-,16-,22+/m1/s1. The summed E-state index contributed by atoms with van der Waals surface area (Å²) in [6, 6.07) is 6.92. The van der Waals surface area contributed by atoms with E-state index in [0.717, 1.165) is 11.3 Å². The van der Waals surface area contributed by atoms with Gasteiger partial charge in [-0.05, 0) is 50.4 Å². The maximum absolute atomic E-state index is 13.7. The van der Waals surface area contributed by atoms with Crippen LogP contribution >= 0.6 is 11.3 Å². The van der Waals surface area contributed by atoms with Crippen LogP contribution in [0.25, 0.3) is 0 Å². The Morgan fingerprint density at radius 2 is 1.98 bits per heavy atom. The van der Waals surface area contributed by atoms with E-state index in [1.54, 1.807) is 18.4 Å². The Balaban J connectivity index is 1.70. The number of anilines is 1. The summed E-state index contributed by atoms with van der Waals surface area (Å²) in [6.07, 6.45) is -0.662. The highest BCUT2D eigenvalue weighted by molar-refractivity contribution is 7.92. The molecule has 3 aromatic rings. The Labute approximate surface area is 237 Å². The van der Waals surface area contributed by atoms with Crippen molar-refractivity contribution < 1.29 is 36.0 Å². The second-order valence-electron chi connectivity index (χ2n) is 9.81. The average molecular weight is 613 g/mol. The molecule has 1 amide bonds. The van der Waals surface area contributed by atoms with E-state index in [2.05, 4.69) is 9.88 Å². The highest BCUT2D eigenvalue weighted by Gasteiger charge is 2.36. The molecule has 0 bridgehead atoms. The number of nitrogens with one attached hydrogen (secondary N) is 1. The van der Waals surface area contributed by atoms with Crippen LogP contribution in [0.15, 0.2) is 49.3 Å². The summed E-state index contributed by atoms with van der Waals surface area (Å²) >= 11 is 1.11. The molecule has 12 nitrogen and oxygen atoms in total. The monoisotopic (exact) mass is 612 g/mol. The van der Waals surface area contributed by atoms with Crippen molar-refractivity contribution in [3.8, 4) is 5.75 Å². The molecule has 3 heterocycles. The van der Waals surface area contributed by atoms with E-state index in [4.69, 9.17) is 9.26 Å². The minimum absolute atomic E-state index is 0.00317. The fourth-order valence-electron chi connectivity index (χ4n) is 4.48. The minimum atomic E-state index is -4.08. The summed E-state index contributed by atoms with van der Waals surface area (Å²) in [5, 5.41) is 15.3. The van der Waals surface area contributed by atoms with Gasteiger partial charge < -0.3 is 19.3 Å². The van der Waals surface area contributed by atoms with E-state index in [9.17, 15) is 26.7 Å². The molecule has 0 fully saturated rings. The fraction of sp³-hybridized carbons (Fsp3) is 0.440. The number of rotatable bonds is 9. The van der Waals surface area contributed by atoms with Crippen molar-refractivity contribution >= 4 is 43.0 Å². The van der Waals surface area contributed by atoms with Gasteiger partial charge in [0.1, 0.15) is 21.8 Å². The van der Waals surface area contributed by atoms with Crippen LogP contribution in [0.2, 0.25) is 0 Å². The summed E-state index contributed by atoms with van der Waals surface area (Å²) in [5.74, 6) is -0.486. The molecule has 3 atom stereocenters. The van der Waals surface area contributed by atoms with Crippen LogP contribution in [-0.4, -0.2) is 81.1 Å². The van der Waals surface area contributed by atoms with Crippen LogP contribution in [0, 0.1) is 19.8 Å². The Bertz CT molecular complexity index is 1570. The first-order valence-corrected chi connectivity index (χ1v) is 16.2. The van der Waals surface area contributed by atoms with Gasteiger partial charge in [-0.3, -0.25) is 9.52 Å². The van der Waals surface area contributed by atoms with Gasteiger partial charge in [-0.2, -0.15) is 4.31 Å². The second-order valence-corrected chi connectivity index (χ2v) is 14.6. The Morgan fingerprint density at radius 3 is 2.58 bits per heavy atom. The van der Waals surface area contributed by atoms with E-state index in [1.807, 2.05) is 6.92 Å². The summed E-state index contributed by atoms with van der Waals surface area (Å²) in [4.78, 5) is 15.1. The number of sulfonamides is 2. The number of aryl methyl sites for hydroxylation is 2. The number of aliphatic hydroxyl groups is 1. The van der Waals surface area contributed by atoms with Crippen molar-refractivity contribution in [1.29, 1.82) is 0 Å². The molecule has 0 saturated heterocycles. The highest BCUT2D eigenvalue weighted by Crippen LogP contribution is 2.32. The van der Waals surface area contributed by atoms with Crippen LogP contribution in [-0.2, 0) is 20.0 Å². The molecule has 0 unspecified atom stereocenters. The molecule has 0 saturated carbocycles. The molecular formula is C25H32N4O8S3. The number of aromatic nitrogens is 1. The number of ether oxygens (including phenoxy) is 1. The normalized spacial score (nSPS) is 19.1. The van der Waals surface area contributed by atoms with E-state index in [1.165, 1.54) is 54.4 Å². The Kier molecular flexibility index (Phi) is 8.61. The smallest absolute Gasteiger partial charge is 0.267 e. The minimum Gasteiger partial charge on any atom is -0.488 e. The van der Waals surface area contributed by atoms with Gasteiger partial charge >= 0.3 is 0 Å². The van der Waals surface area contributed by atoms with Crippen molar-refractivity contribution in [2.45, 2.75) is 48.9 Å². The van der Waals surface area contributed by atoms with Crippen LogP contribution in [0.1, 0.15) is 35.7 Å². The number of benzene rings is 1. The lowest BCUT2D eigenvalue weighted by molar-refractivity contribution is 0.0387. The number of likely N-dealkylation sites (N-methyl/N-ethyl adjacent to an activating group) is 1. The van der Waals surface area contributed by atoms with Crippen LogP contribution in [0.5, 0.6) is 5.75 Å². The number of fused-ring (bicyclic) bond motifs is 1. The number of aliphatic hydroxyl groups excluding tert-OH is 1. The van der Waals surface area contributed by atoms with Crippen molar-refractivity contribution in [3.05, 3.63) is 52.7 Å². The molecule has 0 aliphatic carbocycles. The molecule has 0 radical (unpaired) electrons. The molecule has 1 aliphatic heterocycles. The summed E-state index contributed by atoms with van der Waals surface area (Å²) < 4.78 is 67.4. The van der Waals surface area contributed by atoms with Crippen molar-refractivity contribution in [3.63, 3.8) is 0 Å². The molecule has 0 spiro atoms. The maximum atomic E-state index is 13.7. The molecule has 2 aromatic heterocycles. The van der Waals surface area contributed by atoms with E-state index < -0.39 is 38.1 Å². The van der Waals surface area contributed by atoms with Gasteiger partial charge in [0.05, 0.1) is 24.8 Å². The number of amides is 1. The quantitative estimate of drug-likeness (QED) is 0.370. The van der Waals surface area contributed by atoms with Crippen LogP contribution in [0.4, 0.5) is 5.69 Å². The zero-order valence-electron chi connectivity index (χ0n) is 22.7. The number of nitrogens with zero attached hydrogens (tertiary/aromatic N) is 3. The number of carbonyl (C=O) groups excluding carboxylic acids is 1. The lowest BCUT2D eigenvalue weighted by Crippen LogP contribution is -2.50. The first-order valence-electron chi connectivity index (χ1n) is 12.4. The van der Waals surface area contributed by atoms with Crippen molar-refractivity contribution in [2.24, 2.45) is 5.92 Å². The second kappa shape index (κ2) is 11.5. The first kappa shape index (κ1) is 30.0. The lowest BCUT2D eigenvalue weighted by atomic mass is 9.99. The third-order valence-corrected chi connectivity index (χ3v) is 11.6. The van der Waals surface area contributed by atoms with E-state index in [0.29, 0.717) is 0 Å². The van der Waals surface area contributed by atoms with Gasteiger partial charge in [-0.25, -0.2) is 16.8 Å². The molecule has 2 N–H and O–H groups in total. The number of thiophene rings is 1. The molecule has 4 rings (SSSR count). The number of carbonyl (C=O) groups is 1. The predicted molar refractivity (Wildman–Crippen MR) is 149 cm³/mol. The van der Waals surface area contributed by atoms with Gasteiger partial charge in [0, 0.05) is 25.2 Å². The van der Waals surface area contributed by atoms with Crippen molar-refractivity contribution in [1.82, 2.24) is 14.4 Å². The molecule has 40 heavy (non-hydrogen) atoms. The molecular weight excluding hydrogens is 580 g/mol. The van der Waals surface area contributed by atoms with E-state index >= 15 is 0 Å². The Morgan fingerprint density at radius 1 is 1.25 bits per heavy atom. The predicted octanol–water partition coefficient (Wildman–Crippen LogP) is 2.69. The average Bonchev–Trinajstić information content (AvgIpc) is 3.56. The van der Waals surface area contributed by atoms with Gasteiger partial charge in [-0.1, -0.05) is 18.1 Å². The fourth-order valence-corrected chi connectivity index (χ4v) is 8.25. The number of hydrogen-bond acceptors (Lipinski definition) is 10. The summed E-state index contributed by atoms with van der Waals surface area (Å²) in [6.45, 7) is 6.40. The molecule has 218 valence electrons. The molecule has 1 aliphatic rings. The summed E-state index contributed by atoms with van der Waals surface area (Å²) in [7, 11) is -6.37.